The lowest BCUT2D eigenvalue weighted by Crippen LogP contribution is -2.16. The molecule has 0 atom stereocenters. The van der Waals surface area contributed by atoms with Crippen molar-refractivity contribution in [2.24, 2.45) is 5.41 Å². The number of hydrogen-bond acceptors (Lipinski definition) is 0. The van der Waals surface area contributed by atoms with Crippen molar-refractivity contribution in [3.8, 4) is 11.1 Å². The van der Waals surface area contributed by atoms with Gasteiger partial charge >= 0.3 is 0 Å². The second-order valence-corrected chi connectivity index (χ2v) is 8.48. The molecule has 0 heterocycles. The Morgan fingerprint density at radius 3 is 1.96 bits per heavy atom. The molecule has 0 aliphatic heterocycles. The first-order valence-electron chi connectivity index (χ1n) is 10.3. The van der Waals surface area contributed by atoms with Crippen LogP contribution in [0.3, 0.4) is 0 Å². The number of hydrogen-bond donors (Lipinski definition) is 0. The van der Waals surface area contributed by atoms with Gasteiger partial charge in [-0.05, 0) is 78.0 Å². The van der Waals surface area contributed by atoms with E-state index in [2.05, 4.69) is 83.3 Å². The molecule has 0 aromatic heterocycles. The van der Waals surface area contributed by atoms with Gasteiger partial charge in [0.1, 0.15) is 0 Å². The maximum absolute atomic E-state index is 4.50. The van der Waals surface area contributed by atoms with Crippen molar-refractivity contribution in [3.63, 3.8) is 0 Å². The third kappa shape index (κ3) is 5.45. The first-order chi connectivity index (χ1) is 12.8. The van der Waals surface area contributed by atoms with E-state index in [1.54, 1.807) is 0 Å². The summed E-state index contributed by atoms with van der Waals surface area (Å²) in [6, 6.07) is 15.5. The summed E-state index contributed by atoms with van der Waals surface area (Å²) in [4.78, 5) is 0. The zero-order valence-corrected chi connectivity index (χ0v) is 18.0. The second-order valence-electron chi connectivity index (χ2n) is 8.48. The van der Waals surface area contributed by atoms with Crippen LogP contribution in [0, 0.1) is 12.3 Å². The highest BCUT2D eigenvalue weighted by Crippen LogP contribution is 2.39. The Morgan fingerprint density at radius 1 is 0.889 bits per heavy atom. The highest BCUT2D eigenvalue weighted by atomic mass is 14.3. The normalized spacial score (nSPS) is 11.4. The van der Waals surface area contributed by atoms with Crippen LogP contribution in [0.1, 0.15) is 76.5 Å². The Kier molecular flexibility index (Phi) is 7.25. The molecule has 2 aromatic rings. The zero-order valence-electron chi connectivity index (χ0n) is 18.0. The van der Waals surface area contributed by atoms with Crippen LogP contribution in [0.25, 0.3) is 22.3 Å². The summed E-state index contributed by atoms with van der Waals surface area (Å²) in [5.74, 6) is 0. The third-order valence-corrected chi connectivity index (χ3v) is 5.68. The van der Waals surface area contributed by atoms with Gasteiger partial charge in [0, 0.05) is 0 Å². The summed E-state index contributed by atoms with van der Waals surface area (Å²) >= 11 is 0. The van der Waals surface area contributed by atoms with Crippen LogP contribution in [-0.2, 0) is 0 Å². The van der Waals surface area contributed by atoms with E-state index in [-0.39, 0.29) is 0 Å². The average Bonchev–Trinajstić information content (AvgIpc) is 2.62. The van der Waals surface area contributed by atoms with Crippen LogP contribution in [0.5, 0.6) is 0 Å². The Labute approximate surface area is 167 Å². The largest absolute Gasteiger partial charge is 0.0955 e. The predicted octanol–water partition coefficient (Wildman–Crippen LogP) is 8.70. The molecule has 27 heavy (non-hydrogen) atoms. The van der Waals surface area contributed by atoms with Gasteiger partial charge in [-0.3, -0.25) is 0 Å². The van der Waals surface area contributed by atoms with Gasteiger partial charge in [0.05, 0.1) is 0 Å². The molecule has 0 amide bonds. The molecular weight excluding hydrogens is 324 g/mol. The molecule has 0 saturated carbocycles. The van der Waals surface area contributed by atoms with Gasteiger partial charge in [-0.1, -0.05) is 88.7 Å². The lowest BCUT2D eigenvalue weighted by atomic mass is 9.75. The monoisotopic (exact) mass is 360 g/mol. The molecule has 0 aliphatic carbocycles. The third-order valence-electron chi connectivity index (χ3n) is 5.68. The molecule has 0 spiro atoms. The number of allylic oxidation sites excluding steroid dienone is 2. The van der Waals surface area contributed by atoms with E-state index in [9.17, 15) is 0 Å². The molecule has 2 aromatic carbocycles. The van der Waals surface area contributed by atoms with Crippen molar-refractivity contribution in [1.82, 2.24) is 0 Å². The summed E-state index contributed by atoms with van der Waals surface area (Å²) in [6.07, 6.45) is 6.07. The highest BCUT2D eigenvalue weighted by molar-refractivity contribution is 5.75. The molecule has 0 fully saturated rings. The van der Waals surface area contributed by atoms with Gasteiger partial charge in [0.25, 0.3) is 0 Å². The maximum Gasteiger partial charge on any atom is -0.0178 e. The SMILES string of the molecule is C=C(C)c1ccc(-c2ccc(C)c(C(=C)CC(C)(CCC)CCC)c2)cc1. The van der Waals surface area contributed by atoms with Crippen molar-refractivity contribution >= 4 is 11.1 Å². The van der Waals surface area contributed by atoms with Gasteiger partial charge < -0.3 is 0 Å². The molecule has 144 valence electrons. The molecule has 0 aliphatic rings. The van der Waals surface area contributed by atoms with E-state index in [4.69, 9.17) is 0 Å². The first-order valence-corrected chi connectivity index (χ1v) is 10.3. The van der Waals surface area contributed by atoms with Gasteiger partial charge in [0.15, 0.2) is 0 Å². The first kappa shape index (κ1) is 21.2. The molecule has 0 N–H and O–H groups in total. The Morgan fingerprint density at radius 2 is 1.44 bits per heavy atom. The smallest absolute Gasteiger partial charge is 0.0178 e. The number of rotatable bonds is 9. The molecule has 0 unspecified atom stereocenters. The van der Waals surface area contributed by atoms with Crippen molar-refractivity contribution in [3.05, 3.63) is 72.3 Å². The van der Waals surface area contributed by atoms with Gasteiger partial charge in [0.2, 0.25) is 0 Å². The molecule has 0 nitrogen and oxygen atoms in total. The lowest BCUT2D eigenvalue weighted by Gasteiger charge is -2.30. The van der Waals surface area contributed by atoms with Crippen molar-refractivity contribution in [2.45, 2.75) is 66.7 Å². The molecule has 0 saturated heterocycles. The minimum absolute atomic E-state index is 0.353. The van der Waals surface area contributed by atoms with Crippen LogP contribution in [-0.4, -0.2) is 0 Å². The second kappa shape index (κ2) is 9.22. The van der Waals surface area contributed by atoms with Crippen molar-refractivity contribution in [1.29, 1.82) is 0 Å². The van der Waals surface area contributed by atoms with Crippen molar-refractivity contribution in [2.75, 3.05) is 0 Å². The van der Waals surface area contributed by atoms with Gasteiger partial charge in [-0.25, -0.2) is 0 Å². The molecule has 2 rings (SSSR count). The van der Waals surface area contributed by atoms with E-state index >= 15 is 0 Å². The van der Waals surface area contributed by atoms with Crippen LogP contribution < -0.4 is 0 Å². The van der Waals surface area contributed by atoms with Crippen LogP contribution in [0.4, 0.5) is 0 Å². The Bertz CT molecular complexity index is 783. The van der Waals surface area contributed by atoms with Crippen LogP contribution >= 0.6 is 0 Å². The summed E-state index contributed by atoms with van der Waals surface area (Å²) in [6.45, 7) is 19.8. The minimum Gasteiger partial charge on any atom is -0.0955 e. The summed E-state index contributed by atoms with van der Waals surface area (Å²) in [7, 11) is 0. The predicted molar refractivity (Wildman–Crippen MR) is 123 cm³/mol. The fraction of sp³-hybridized carbons (Fsp3) is 0.407. The molecule has 0 radical (unpaired) electrons. The van der Waals surface area contributed by atoms with E-state index in [1.165, 1.54) is 59.1 Å². The Hall–Kier alpha value is -2.08. The average molecular weight is 361 g/mol. The Balaban J connectivity index is 2.30. The van der Waals surface area contributed by atoms with E-state index in [0.717, 1.165) is 12.0 Å². The van der Waals surface area contributed by atoms with Crippen LogP contribution in [0.2, 0.25) is 0 Å². The van der Waals surface area contributed by atoms with Gasteiger partial charge in [-0.2, -0.15) is 0 Å². The topological polar surface area (TPSA) is 0 Å². The maximum atomic E-state index is 4.50. The summed E-state index contributed by atoms with van der Waals surface area (Å²) in [5, 5.41) is 0. The fourth-order valence-electron chi connectivity index (χ4n) is 4.25. The summed E-state index contributed by atoms with van der Waals surface area (Å²) in [5.41, 5.74) is 9.07. The number of benzene rings is 2. The fourth-order valence-corrected chi connectivity index (χ4v) is 4.25. The minimum atomic E-state index is 0.353. The van der Waals surface area contributed by atoms with E-state index in [0.29, 0.717) is 5.41 Å². The number of aryl methyl sites for hydroxylation is 1. The van der Waals surface area contributed by atoms with E-state index in [1.807, 2.05) is 6.92 Å². The quantitative estimate of drug-likeness (QED) is 0.419. The lowest BCUT2D eigenvalue weighted by molar-refractivity contribution is 0.274. The summed E-state index contributed by atoms with van der Waals surface area (Å²) < 4.78 is 0. The van der Waals surface area contributed by atoms with Crippen LogP contribution in [0.15, 0.2) is 55.6 Å². The molecule has 0 heteroatoms. The van der Waals surface area contributed by atoms with Gasteiger partial charge in [-0.15, -0.1) is 0 Å². The molecular formula is C27H36. The highest BCUT2D eigenvalue weighted by Gasteiger charge is 2.24. The van der Waals surface area contributed by atoms with Crippen molar-refractivity contribution < 1.29 is 0 Å². The molecule has 0 bridgehead atoms. The standard InChI is InChI=1S/C27H36/c1-8-16-27(7,17-9-2)19-22(6)26-18-25(11-10-21(26)5)24-14-12-23(13-15-24)20(3)4/h10-15,18H,3,6,8-9,16-17,19H2,1-2,4-5,7H3. The zero-order chi connectivity index (χ0) is 20.0. The van der Waals surface area contributed by atoms with E-state index < -0.39 is 0 Å².